The van der Waals surface area contributed by atoms with Gasteiger partial charge < -0.3 is 10.1 Å². The average Bonchev–Trinajstić information content (AvgIpc) is 2.77. The van der Waals surface area contributed by atoms with Gasteiger partial charge in [-0.2, -0.15) is 17.0 Å². The average molecular weight is 421 g/mol. The van der Waals surface area contributed by atoms with Crippen molar-refractivity contribution in [3.8, 4) is 5.75 Å². The lowest BCUT2D eigenvalue weighted by Gasteiger charge is -2.52. The number of methoxy groups -OCH3 is 1. The fourth-order valence-corrected chi connectivity index (χ4v) is 7.73. The first-order valence-corrected chi connectivity index (χ1v) is 12.4. The second-order valence-corrected chi connectivity index (χ2v) is 10.7. The maximum atomic E-state index is 13.5. The van der Waals surface area contributed by atoms with Gasteiger partial charge in [0, 0.05) is 57.9 Å². The zero-order chi connectivity index (χ0) is 20.0. The summed E-state index contributed by atoms with van der Waals surface area (Å²) in [6.07, 6.45) is 4.05. The van der Waals surface area contributed by atoms with Gasteiger partial charge in [0.1, 0.15) is 5.75 Å². The molecule has 4 aliphatic heterocycles. The van der Waals surface area contributed by atoms with Gasteiger partial charge in [-0.1, -0.05) is 6.07 Å². The molecule has 8 heteroatoms. The molecule has 0 amide bonds. The standard InChI is InChI=1S/C21H32N4O3S/c1-28-18-4-5-19-16(13-18)6-10-23-15-17-3-2-9-25(20(17)14-21(19)23)29(26,27)24-11-7-22-8-12-24/h4-5,13,17,20-22H,2-3,6-12,14-15H2,1H3/t17-,20+,21+/m1/s1. The molecule has 29 heavy (non-hydrogen) atoms. The Balaban J connectivity index is 1.43. The Kier molecular flexibility index (Phi) is 5.32. The predicted octanol–water partition coefficient (Wildman–Crippen LogP) is 1.23. The normalized spacial score (nSPS) is 31.6. The molecular formula is C21H32N4O3S. The van der Waals surface area contributed by atoms with Crippen LogP contribution >= 0.6 is 0 Å². The smallest absolute Gasteiger partial charge is 0.282 e. The summed E-state index contributed by atoms with van der Waals surface area (Å²) in [5.41, 5.74) is 2.72. The number of rotatable bonds is 3. The van der Waals surface area contributed by atoms with E-state index < -0.39 is 10.2 Å². The fourth-order valence-electron chi connectivity index (χ4n) is 5.83. The summed E-state index contributed by atoms with van der Waals surface area (Å²) in [6.45, 7) is 5.37. The van der Waals surface area contributed by atoms with Gasteiger partial charge in [-0.15, -0.1) is 0 Å². The highest BCUT2D eigenvalue weighted by Gasteiger charge is 2.47. The summed E-state index contributed by atoms with van der Waals surface area (Å²) in [5, 5.41) is 3.26. The third kappa shape index (κ3) is 3.49. The lowest BCUT2D eigenvalue weighted by Crippen LogP contribution is -2.61. The van der Waals surface area contributed by atoms with Crippen molar-refractivity contribution < 1.29 is 13.2 Å². The van der Waals surface area contributed by atoms with Crippen LogP contribution in [0.15, 0.2) is 18.2 Å². The van der Waals surface area contributed by atoms with Gasteiger partial charge in [-0.25, -0.2) is 0 Å². The zero-order valence-corrected chi connectivity index (χ0v) is 18.0. The van der Waals surface area contributed by atoms with Crippen molar-refractivity contribution in [3.05, 3.63) is 29.3 Å². The van der Waals surface area contributed by atoms with Crippen LogP contribution in [0.5, 0.6) is 5.75 Å². The summed E-state index contributed by atoms with van der Waals surface area (Å²) in [6, 6.07) is 6.82. The number of hydrogen-bond acceptors (Lipinski definition) is 5. The maximum absolute atomic E-state index is 13.5. The van der Waals surface area contributed by atoms with Crippen molar-refractivity contribution in [2.75, 3.05) is 52.9 Å². The number of benzene rings is 1. The second kappa shape index (κ2) is 7.81. The molecule has 0 aliphatic carbocycles. The molecule has 0 radical (unpaired) electrons. The van der Waals surface area contributed by atoms with E-state index in [2.05, 4.69) is 22.3 Å². The van der Waals surface area contributed by atoms with E-state index in [0.717, 1.165) is 57.6 Å². The van der Waals surface area contributed by atoms with Crippen LogP contribution in [0.1, 0.15) is 36.4 Å². The Morgan fingerprint density at radius 2 is 1.97 bits per heavy atom. The third-order valence-corrected chi connectivity index (χ3v) is 9.38. The molecule has 0 unspecified atom stereocenters. The number of piperidine rings is 2. The summed E-state index contributed by atoms with van der Waals surface area (Å²) >= 11 is 0. The van der Waals surface area contributed by atoms with Crippen LogP contribution in [-0.2, 0) is 16.6 Å². The molecule has 0 saturated carbocycles. The Morgan fingerprint density at radius 1 is 1.14 bits per heavy atom. The number of hydrogen-bond donors (Lipinski definition) is 1. The first kappa shape index (κ1) is 19.8. The molecule has 0 spiro atoms. The molecule has 3 saturated heterocycles. The molecule has 5 rings (SSSR count). The number of nitrogens with zero attached hydrogens (tertiary/aromatic N) is 3. The second-order valence-electron chi connectivity index (χ2n) is 8.80. The molecule has 0 bridgehead atoms. The van der Waals surface area contributed by atoms with E-state index in [9.17, 15) is 8.42 Å². The van der Waals surface area contributed by atoms with E-state index in [1.807, 2.05) is 10.4 Å². The Labute approximate surface area is 174 Å². The van der Waals surface area contributed by atoms with Gasteiger partial charge in [-0.05, 0) is 54.9 Å². The predicted molar refractivity (Wildman–Crippen MR) is 112 cm³/mol. The molecule has 4 heterocycles. The van der Waals surface area contributed by atoms with Crippen LogP contribution in [0.4, 0.5) is 0 Å². The van der Waals surface area contributed by atoms with Crippen LogP contribution < -0.4 is 10.1 Å². The fraction of sp³-hybridized carbons (Fsp3) is 0.714. The molecule has 3 fully saturated rings. The molecule has 1 aromatic carbocycles. The third-order valence-electron chi connectivity index (χ3n) is 7.32. The molecule has 3 atom stereocenters. The van der Waals surface area contributed by atoms with Gasteiger partial charge in [0.15, 0.2) is 0 Å². The monoisotopic (exact) mass is 420 g/mol. The Bertz CT molecular complexity index is 855. The SMILES string of the molecule is COc1ccc2c(c1)CCN1C[C@H]3CCCN(S(=O)(=O)N4CCNCC4)[C@H]3C[C@@H]21. The van der Waals surface area contributed by atoms with Crippen molar-refractivity contribution in [1.82, 2.24) is 18.8 Å². The first-order valence-electron chi connectivity index (χ1n) is 11.0. The highest BCUT2D eigenvalue weighted by Crippen LogP contribution is 2.44. The van der Waals surface area contributed by atoms with Crippen LogP contribution in [0.25, 0.3) is 0 Å². The van der Waals surface area contributed by atoms with Gasteiger partial charge >= 0.3 is 0 Å². The zero-order valence-electron chi connectivity index (χ0n) is 17.2. The van der Waals surface area contributed by atoms with Crippen molar-refractivity contribution in [1.29, 1.82) is 0 Å². The quantitative estimate of drug-likeness (QED) is 0.797. The summed E-state index contributed by atoms with van der Waals surface area (Å²) in [7, 11) is -1.68. The molecule has 4 aliphatic rings. The lowest BCUT2D eigenvalue weighted by atomic mass is 9.77. The van der Waals surface area contributed by atoms with Gasteiger partial charge in [0.05, 0.1) is 7.11 Å². The topological polar surface area (TPSA) is 65.1 Å². The highest BCUT2D eigenvalue weighted by molar-refractivity contribution is 7.86. The van der Waals surface area contributed by atoms with Gasteiger partial charge in [0.2, 0.25) is 0 Å². The molecule has 0 aromatic heterocycles. The van der Waals surface area contributed by atoms with Crippen LogP contribution in [0, 0.1) is 5.92 Å². The minimum atomic E-state index is -3.39. The van der Waals surface area contributed by atoms with Crippen molar-refractivity contribution in [3.63, 3.8) is 0 Å². The number of piperazine rings is 1. The van der Waals surface area contributed by atoms with Crippen molar-refractivity contribution in [2.24, 2.45) is 5.92 Å². The Hall–Kier alpha value is -1.19. The lowest BCUT2D eigenvalue weighted by molar-refractivity contribution is 0.0195. The van der Waals surface area contributed by atoms with E-state index in [1.54, 1.807) is 11.4 Å². The minimum Gasteiger partial charge on any atom is -0.497 e. The first-order chi connectivity index (χ1) is 14.1. The van der Waals surface area contributed by atoms with Crippen molar-refractivity contribution >= 4 is 10.2 Å². The van der Waals surface area contributed by atoms with E-state index in [4.69, 9.17) is 4.74 Å². The summed E-state index contributed by atoms with van der Waals surface area (Å²) in [5.74, 6) is 1.35. The summed E-state index contributed by atoms with van der Waals surface area (Å²) in [4.78, 5) is 2.59. The highest BCUT2D eigenvalue weighted by atomic mass is 32.2. The van der Waals surface area contributed by atoms with Crippen LogP contribution in [0.3, 0.4) is 0 Å². The van der Waals surface area contributed by atoms with Gasteiger partial charge in [-0.3, -0.25) is 4.90 Å². The molecule has 1 N–H and O–H groups in total. The molecule has 160 valence electrons. The molecule has 1 aromatic rings. The number of fused-ring (bicyclic) bond motifs is 4. The van der Waals surface area contributed by atoms with Crippen LogP contribution in [-0.4, -0.2) is 80.9 Å². The largest absolute Gasteiger partial charge is 0.497 e. The van der Waals surface area contributed by atoms with Crippen molar-refractivity contribution in [2.45, 2.75) is 37.8 Å². The Morgan fingerprint density at radius 3 is 2.76 bits per heavy atom. The van der Waals surface area contributed by atoms with E-state index >= 15 is 0 Å². The van der Waals surface area contributed by atoms with E-state index in [1.165, 1.54) is 11.1 Å². The minimum absolute atomic E-state index is 0.109. The van der Waals surface area contributed by atoms with E-state index in [0.29, 0.717) is 31.6 Å². The van der Waals surface area contributed by atoms with E-state index in [-0.39, 0.29) is 6.04 Å². The summed E-state index contributed by atoms with van der Waals surface area (Å²) < 4.78 is 35.9. The number of ether oxygens (including phenoxy) is 1. The number of nitrogens with one attached hydrogen (secondary N) is 1. The van der Waals surface area contributed by atoms with Gasteiger partial charge in [0.25, 0.3) is 10.2 Å². The van der Waals surface area contributed by atoms with Crippen LogP contribution in [0.2, 0.25) is 0 Å². The maximum Gasteiger partial charge on any atom is 0.282 e. The molecular weight excluding hydrogens is 388 g/mol. The molecule has 7 nitrogen and oxygen atoms in total.